The highest BCUT2D eigenvalue weighted by molar-refractivity contribution is 5.73. The molecule has 0 radical (unpaired) electrons. The lowest BCUT2D eigenvalue weighted by molar-refractivity contribution is 0.0349. The molecule has 2 amide bonds. The van der Waals surface area contributed by atoms with Crippen molar-refractivity contribution < 1.29 is 9.90 Å². The molecule has 0 saturated carbocycles. The number of rotatable bonds is 7. The molecule has 0 aliphatic carbocycles. The topological polar surface area (TPSA) is 61.4 Å². The van der Waals surface area contributed by atoms with Gasteiger partial charge in [-0.25, -0.2) is 4.79 Å². The first kappa shape index (κ1) is 15.2. The second-order valence-electron chi connectivity index (χ2n) is 4.72. The van der Waals surface area contributed by atoms with E-state index in [9.17, 15) is 9.90 Å². The molecule has 96 valence electrons. The summed E-state index contributed by atoms with van der Waals surface area (Å²) in [6.07, 6.45) is 2.27. The van der Waals surface area contributed by atoms with Crippen LogP contribution in [0.5, 0.6) is 0 Å². The molecular formula is C12H26N2O2. The number of hydrogen-bond donors (Lipinski definition) is 3. The molecule has 0 bridgehead atoms. The Bertz CT molecular complexity index is 201. The van der Waals surface area contributed by atoms with E-state index in [4.69, 9.17) is 0 Å². The van der Waals surface area contributed by atoms with Crippen LogP contribution in [0, 0.1) is 5.92 Å². The third kappa shape index (κ3) is 6.67. The van der Waals surface area contributed by atoms with Gasteiger partial charge in [0.1, 0.15) is 0 Å². The van der Waals surface area contributed by atoms with Crippen molar-refractivity contribution in [3.63, 3.8) is 0 Å². The van der Waals surface area contributed by atoms with Gasteiger partial charge in [0.15, 0.2) is 0 Å². The van der Waals surface area contributed by atoms with Crippen LogP contribution in [0.2, 0.25) is 0 Å². The zero-order chi connectivity index (χ0) is 12.6. The Morgan fingerprint density at radius 1 is 1.25 bits per heavy atom. The maximum Gasteiger partial charge on any atom is 0.314 e. The van der Waals surface area contributed by atoms with Gasteiger partial charge in [0.2, 0.25) is 0 Å². The number of urea groups is 1. The number of hydrogen-bond acceptors (Lipinski definition) is 2. The molecule has 4 nitrogen and oxygen atoms in total. The standard InChI is InChI=1S/C12H26N2O2/c1-5-12(16,6-2)9-14-11(15)13-8-7-10(3)4/h10,16H,5-9H2,1-4H3,(H2,13,14,15). The van der Waals surface area contributed by atoms with E-state index < -0.39 is 5.60 Å². The van der Waals surface area contributed by atoms with Gasteiger partial charge in [0, 0.05) is 13.1 Å². The SMILES string of the molecule is CCC(O)(CC)CNC(=O)NCCC(C)C. The molecule has 0 spiro atoms. The summed E-state index contributed by atoms with van der Waals surface area (Å²) in [4.78, 5) is 11.4. The van der Waals surface area contributed by atoms with Crippen molar-refractivity contribution in [2.45, 2.75) is 52.6 Å². The molecule has 0 aromatic rings. The zero-order valence-electron chi connectivity index (χ0n) is 11.0. The minimum Gasteiger partial charge on any atom is -0.388 e. The molecule has 0 aliphatic rings. The van der Waals surface area contributed by atoms with Gasteiger partial charge in [-0.15, -0.1) is 0 Å². The van der Waals surface area contributed by atoms with Crippen LogP contribution < -0.4 is 10.6 Å². The molecule has 0 heterocycles. The van der Waals surface area contributed by atoms with E-state index in [0.717, 1.165) is 6.42 Å². The molecule has 0 aliphatic heterocycles. The van der Waals surface area contributed by atoms with Crippen LogP contribution in [-0.4, -0.2) is 29.8 Å². The zero-order valence-corrected chi connectivity index (χ0v) is 11.0. The van der Waals surface area contributed by atoms with Crippen LogP contribution in [0.1, 0.15) is 47.0 Å². The largest absolute Gasteiger partial charge is 0.388 e. The van der Waals surface area contributed by atoms with E-state index in [1.807, 2.05) is 13.8 Å². The van der Waals surface area contributed by atoms with Gasteiger partial charge in [0.25, 0.3) is 0 Å². The number of nitrogens with one attached hydrogen (secondary N) is 2. The number of carbonyl (C=O) groups is 1. The Morgan fingerprint density at radius 3 is 2.25 bits per heavy atom. The number of amides is 2. The van der Waals surface area contributed by atoms with E-state index in [1.165, 1.54) is 0 Å². The Balaban J connectivity index is 3.72. The summed E-state index contributed by atoms with van der Waals surface area (Å²) in [5, 5.41) is 15.4. The van der Waals surface area contributed by atoms with Gasteiger partial charge in [-0.1, -0.05) is 27.7 Å². The van der Waals surface area contributed by atoms with Crippen LogP contribution in [0.4, 0.5) is 4.79 Å². The van der Waals surface area contributed by atoms with Crippen molar-refractivity contribution in [2.75, 3.05) is 13.1 Å². The summed E-state index contributed by atoms with van der Waals surface area (Å²) in [5.41, 5.74) is -0.768. The molecule has 0 atom stereocenters. The first-order valence-electron chi connectivity index (χ1n) is 6.17. The highest BCUT2D eigenvalue weighted by Crippen LogP contribution is 2.12. The monoisotopic (exact) mass is 230 g/mol. The third-order valence-corrected chi connectivity index (χ3v) is 2.90. The normalized spacial score (nSPS) is 11.6. The molecule has 0 fully saturated rings. The number of aliphatic hydroxyl groups is 1. The molecule has 0 aromatic heterocycles. The predicted molar refractivity (Wildman–Crippen MR) is 66.4 cm³/mol. The average molecular weight is 230 g/mol. The van der Waals surface area contributed by atoms with Gasteiger partial charge in [0.05, 0.1) is 5.60 Å². The minimum absolute atomic E-state index is 0.194. The molecule has 0 saturated heterocycles. The summed E-state index contributed by atoms with van der Waals surface area (Å²) >= 11 is 0. The quantitative estimate of drug-likeness (QED) is 0.625. The Hall–Kier alpha value is -0.770. The van der Waals surface area contributed by atoms with Gasteiger partial charge in [-0.3, -0.25) is 0 Å². The minimum atomic E-state index is -0.768. The van der Waals surface area contributed by atoms with E-state index >= 15 is 0 Å². The lowest BCUT2D eigenvalue weighted by Gasteiger charge is -2.25. The summed E-state index contributed by atoms with van der Waals surface area (Å²) in [6, 6.07) is -0.194. The lowest BCUT2D eigenvalue weighted by atomic mass is 9.98. The van der Waals surface area contributed by atoms with Crippen LogP contribution >= 0.6 is 0 Å². The smallest absolute Gasteiger partial charge is 0.314 e. The van der Waals surface area contributed by atoms with Gasteiger partial charge in [-0.2, -0.15) is 0 Å². The molecule has 0 rings (SSSR count). The summed E-state index contributed by atoms with van der Waals surface area (Å²) < 4.78 is 0. The van der Waals surface area contributed by atoms with Gasteiger partial charge >= 0.3 is 6.03 Å². The molecular weight excluding hydrogens is 204 g/mol. The summed E-state index contributed by atoms with van der Waals surface area (Å²) in [7, 11) is 0. The van der Waals surface area contributed by atoms with Crippen molar-refractivity contribution in [1.82, 2.24) is 10.6 Å². The molecule has 4 heteroatoms. The van der Waals surface area contributed by atoms with E-state index in [2.05, 4.69) is 24.5 Å². The maximum atomic E-state index is 11.4. The molecule has 0 aromatic carbocycles. The molecule has 3 N–H and O–H groups in total. The first-order chi connectivity index (χ1) is 7.43. The van der Waals surface area contributed by atoms with Crippen molar-refractivity contribution in [2.24, 2.45) is 5.92 Å². The molecule has 16 heavy (non-hydrogen) atoms. The number of carbonyl (C=O) groups excluding carboxylic acids is 1. The maximum absolute atomic E-state index is 11.4. The highest BCUT2D eigenvalue weighted by atomic mass is 16.3. The van der Waals surface area contributed by atoms with Gasteiger partial charge < -0.3 is 15.7 Å². The fourth-order valence-electron chi connectivity index (χ4n) is 1.28. The molecule has 0 unspecified atom stereocenters. The van der Waals surface area contributed by atoms with Crippen molar-refractivity contribution in [1.29, 1.82) is 0 Å². The third-order valence-electron chi connectivity index (χ3n) is 2.90. The van der Waals surface area contributed by atoms with Crippen molar-refractivity contribution in [3.05, 3.63) is 0 Å². The second kappa shape index (κ2) is 7.49. The van der Waals surface area contributed by atoms with E-state index in [1.54, 1.807) is 0 Å². The fraction of sp³-hybridized carbons (Fsp3) is 0.917. The van der Waals surface area contributed by atoms with Crippen LogP contribution in [-0.2, 0) is 0 Å². The van der Waals surface area contributed by atoms with E-state index in [-0.39, 0.29) is 6.03 Å². The predicted octanol–water partition coefficient (Wildman–Crippen LogP) is 1.88. The highest BCUT2D eigenvalue weighted by Gasteiger charge is 2.22. The average Bonchev–Trinajstić information content (AvgIpc) is 2.25. The first-order valence-corrected chi connectivity index (χ1v) is 6.17. The Morgan fingerprint density at radius 2 is 1.81 bits per heavy atom. The van der Waals surface area contributed by atoms with Crippen LogP contribution in [0.25, 0.3) is 0 Å². The van der Waals surface area contributed by atoms with Crippen LogP contribution in [0.3, 0.4) is 0 Å². The summed E-state index contributed by atoms with van der Waals surface area (Å²) in [5.74, 6) is 0.587. The van der Waals surface area contributed by atoms with Gasteiger partial charge in [-0.05, 0) is 25.2 Å². The van der Waals surface area contributed by atoms with Crippen molar-refractivity contribution in [3.8, 4) is 0 Å². The van der Waals surface area contributed by atoms with Crippen LogP contribution in [0.15, 0.2) is 0 Å². The second-order valence-corrected chi connectivity index (χ2v) is 4.72. The lowest BCUT2D eigenvalue weighted by Crippen LogP contribution is -2.46. The summed E-state index contributed by atoms with van der Waals surface area (Å²) in [6.45, 7) is 9.07. The van der Waals surface area contributed by atoms with E-state index in [0.29, 0.717) is 31.8 Å². The fourth-order valence-corrected chi connectivity index (χ4v) is 1.28. The van der Waals surface area contributed by atoms with Crippen molar-refractivity contribution >= 4 is 6.03 Å². The Kier molecular flexibility index (Phi) is 7.13. The Labute approximate surface area is 98.8 Å².